The van der Waals surface area contributed by atoms with E-state index in [9.17, 15) is 4.79 Å². The van der Waals surface area contributed by atoms with Gasteiger partial charge in [-0.3, -0.25) is 10.2 Å². The molecule has 0 heterocycles. The summed E-state index contributed by atoms with van der Waals surface area (Å²) in [5.74, 6) is 0.541. The predicted octanol–water partition coefficient (Wildman–Crippen LogP) is 3.45. The van der Waals surface area contributed by atoms with Gasteiger partial charge in [-0.2, -0.15) is 0 Å². The Balaban J connectivity index is 2.63. The predicted molar refractivity (Wildman–Crippen MR) is 71.2 cm³/mol. The molecule has 0 aliphatic rings. The summed E-state index contributed by atoms with van der Waals surface area (Å²) >= 11 is 5.74. The Hall–Kier alpha value is -1.75. The molecular formula is C12H15ClN2O3. The van der Waals surface area contributed by atoms with Crippen molar-refractivity contribution >= 4 is 28.6 Å². The van der Waals surface area contributed by atoms with E-state index < -0.39 is 6.09 Å². The molecule has 1 rings (SSSR count). The van der Waals surface area contributed by atoms with Crippen molar-refractivity contribution in [3.63, 3.8) is 0 Å². The first kappa shape index (κ1) is 14.3. The molecule has 0 bridgehead atoms. The third kappa shape index (κ3) is 4.25. The summed E-state index contributed by atoms with van der Waals surface area (Å²) in [6.07, 6.45) is -0.724. The summed E-state index contributed by atoms with van der Waals surface area (Å²) in [4.78, 5) is 16.1. The topological polar surface area (TPSA) is 59.9 Å². The number of amides is 1. The second kappa shape index (κ2) is 6.86. The van der Waals surface area contributed by atoms with Crippen molar-refractivity contribution in [1.29, 1.82) is 0 Å². The first-order valence-electron chi connectivity index (χ1n) is 5.39. The van der Waals surface area contributed by atoms with Crippen LogP contribution in [0.5, 0.6) is 5.75 Å². The Labute approximate surface area is 111 Å². The molecule has 0 saturated carbocycles. The van der Waals surface area contributed by atoms with Gasteiger partial charge in [-0.15, -0.1) is 0 Å². The second-order valence-electron chi connectivity index (χ2n) is 3.77. The molecule has 5 nitrogen and oxygen atoms in total. The lowest BCUT2D eigenvalue weighted by molar-refractivity contribution is 0.166. The fraction of sp³-hybridized carbons (Fsp3) is 0.333. The van der Waals surface area contributed by atoms with Crippen LogP contribution < -0.4 is 10.1 Å². The second-order valence-corrected chi connectivity index (χ2v) is 4.16. The molecule has 0 spiro atoms. The zero-order valence-electron chi connectivity index (χ0n) is 10.4. The van der Waals surface area contributed by atoms with Crippen molar-refractivity contribution in [3.8, 4) is 5.75 Å². The van der Waals surface area contributed by atoms with E-state index in [1.807, 2.05) is 13.8 Å². The van der Waals surface area contributed by atoms with Crippen LogP contribution in [-0.2, 0) is 4.84 Å². The minimum atomic E-state index is -0.724. The lowest BCUT2D eigenvalue weighted by atomic mass is 10.2. The van der Waals surface area contributed by atoms with Gasteiger partial charge in [0.05, 0.1) is 12.8 Å². The number of hydrogen-bond donors (Lipinski definition) is 1. The Kier molecular flexibility index (Phi) is 5.45. The van der Waals surface area contributed by atoms with Crippen molar-refractivity contribution in [2.24, 2.45) is 11.1 Å². The molecule has 98 valence electrons. The van der Waals surface area contributed by atoms with Crippen molar-refractivity contribution in [1.82, 2.24) is 0 Å². The highest BCUT2D eigenvalue weighted by molar-refractivity contribution is 6.65. The van der Waals surface area contributed by atoms with Crippen LogP contribution in [0.1, 0.15) is 13.8 Å². The molecule has 0 aliphatic heterocycles. The maximum absolute atomic E-state index is 11.5. The molecule has 1 N–H and O–H groups in total. The summed E-state index contributed by atoms with van der Waals surface area (Å²) < 4.78 is 5.08. The van der Waals surface area contributed by atoms with E-state index in [1.165, 1.54) is 7.11 Å². The highest BCUT2D eigenvalue weighted by Crippen LogP contribution is 2.23. The molecule has 0 atom stereocenters. The number of ether oxygens (including phenoxy) is 1. The van der Waals surface area contributed by atoms with Gasteiger partial charge in [0.25, 0.3) is 0 Å². The van der Waals surface area contributed by atoms with E-state index in [1.54, 1.807) is 24.3 Å². The fourth-order valence-corrected chi connectivity index (χ4v) is 1.11. The quantitative estimate of drug-likeness (QED) is 0.518. The van der Waals surface area contributed by atoms with Gasteiger partial charge in [0.15, 0.2) is 0 Å². The van der Waals surface area contributed by atoms with E-state index in [0.29, 0.717) is 11.4 Å². The van der Waals surface area contributed by atoms with E-state index in [2.05, 4.69) is 15.3 Å². The van der Waals surface area contributed by atoms with E-state index in [0.717, 1.165) is 0 Å². The van der Waals surface area contributed by atoms with Crippen molar-refractivity contribution in [2.75, 3.05) is 12.4 Å². The number of carbonyl (C=O) groups excluding carboxylic acids is 1. The highest BCUT2D eigenvalue weighted by atomic mass is 35.5. The normalized spacial score (nSPS) is 11.3. The van der Waals surface area contributed by atoms with Crippen LogP contribution in [0.4, 0.5) is 10.5 Å². The summed E-state index contributed by atoms with van der Waals surface area (Å²) in [6, 6.07) is 6.97. The third-order valence-electron chi connectivity index (χ3n) is 2.04. The minimum absolute atomic E-state index is 0.00530. The number of para-hydroxylation sites is 2. The number of nitrogens with one attached hydrogen (secondary N) is 1. The molecule has 0 unspecified atom stereocenters. The standard InChI is InChI=1S/C12H15ClN2O3/c1-8(2)11(13)15-18-12(16)14-9-6-4-5-7-10(9)17-3/h4-8H,1-3H3,(H,14,16)/b15-11+. The Morgan fingerprint density at radius 3 is 2.67 bits per heavy atom. The summed E-state index contributed by atoms with van der Waals surface area (Å²) in [6.45, 7) is 3.68. The van der Waals surface area contributed by atoms with Crippen LogP contribution in [-0.4, -0.2) is 18.4 Å². The zero-order chi connectivity index (χ0) is 13.5. The van der Waals surface area contributed by atoms with E-state index >= 15 is 0 Å². The van der Waals surface area contributed by atoms with Gasteiger partial charge < -0.3 is 4.74 Å². The maximum Gasteiger partial charge on any atom is 0.437 e. The van der Waals surface area contributed by atoms with Gasteiger partial charge in [-0.1, -0.05) is 42.7 Å². The lowest BCUT2D eigenvalue weighted by Crippen LogP contribution is -2.13. The molecule has 0 aliphatic carbocycles. The number of benzene rings is 1. The molecule has 1 aromatic carbocycles. The average Bonchev–Trinajstić information content (AvgIpc) is 2.36. The first-order chi connectivity index (χ1) is 8.54. The fourth-order valence-electron chi connectivity index (χ4n) is 1.07. The molecule has 0 aromatic heterocycles. The SMILES string of the molecule is COc1ccccc1NC(=O)O/N=C(/Cl)C(C)C. The third-order valence-corrected chi connectivity index (χ3v) is 2.54. The van der Waals surface area contributed by atoms with Crippen LogP contribution >= 0.6 is 11.6 Å². The smallest absolute Gasteiger partial charge is 0.437 e. The van der Waals surface area contributed by atoms with Gasteiger partial charge in [0.2, 0.25) is 0 Å². The van der Waals surface area contributed by atoms with Crippen LogP contribution in [0.25, 0.3) is 0 Å². The van der Waals surface area contributed by atoms with Gasteiger partial charge in [-0.25, -0.2) is 4.79 Å². The molecule has 0 fully saturated rings. The monoisotopic (exact) mass is 270 g/mol. The molecule has 1 aromatic rings. The summed E-state index contributed by atoms with van der Waals surface area (Å²) in [5.41, 5.74) is 0.501. The first-order valence-corrected chi connectivity index (χ1v) is 5.76. The molecular weight excluding hydrogens is 256 g/mol. The van der Waals surface area contributed by atoms with Crippen molar-refractivity contribution in [2.45, 2.75) is 13.8 Å². The number of nitrogens with zero attached hydrogens (tertiary/aromatic N) is 1. The zero-order valence-corrected chi connectivity index (χ0v) is 11.2. The lowest BCUT2D eigenvalue weighted by Gasteiger charge is -2.08. The van der Waals surface area contributed by atoms with Gasteiger partial charge in [-0.05, 0) is 12.1 Å². The van der Waals surface area contributed by atoms with Gasteiger partial charge >= 0.3 is 6.09 Å². The highest BCUT2D eigenvalue weighted by Gasteiger charge is 2.08. The van der Waals surface area contributed by atoms with Gasteiger partial charge in [0.1, 0.15) is 10.9 Å². The van der Waals surface area contributed by atoms with E-state index in [4.69, 9.17) is 16.3 Å². The van der Waals surface area contributed by atoms with Crippen LogP contribution in [0.15, 0.2) is 29.4 Å². The number of halogens is 1. The van der Waals surface area contributed by atoms with Crippen LogP contribution in [0, 0.1) is 5.92 Å². The van der Waals surface area contributed by atoms with Crippen LogP contribution in [0.3, 0.4) is 0 Å². The summed E-state index contributed by atoms with van der Waals surface area (Å²) in [5, 5.41) is 6.24. The van der Waals surface area contributed by atoms with Crippen molar-refractivity contribution in [3.05, 3.63) is 24.3 Å². The summed E-state index contributed by atoms with van der Waals surface area (Å²) in [7, 11) is 1.51. The number of oxime groups is 1. The van der Waals surface area contributed by atoms with E-state index in [-0.39, 0.29) is 11.1 Å². The Morgan fingerprint density at radius 1 is 1.39 bits per heavy atom. The number of anilines is 1. The number of hydrogen-bond acceptors (Lipinski definition) is 4. The molecule has 0 radical (unpaired) electrons. The number of rotatable bonds is 4. The molecule has 18 heavy (non-hydrogen) atoms. The number of carbonyl (C=O) groups is 1. The molecule has 1 amide bonds. The molecule has 0 saturated heterocycles. The van der Waals surface area contributed by atoms with Gasteiger partial charge in [0, 0.05) is 5.92 Å². The van der Waals surface area contributed by atoms with Crippen molar-refractivity contribution < 1.29 is 14.4 Å². The largest absolute Gasteiger partial charge is 0.495 e. The average molecular weight is 271 g/mol. The number of methoxy groups -OCH3 is 1. The van der Waals surface area contributed by atoms with Crippen LogP contribution in [0.2, 0.25) is 0 Å². The maximum atomic E-state index is 11.5. The Bertz CT molecular complexity index is 447. The molecule has 6 heteroatoms. The Morgan fingerprint density at radius 2 is 2.06 bits per heavy atom. The minimum Gasteiger partial charge on any atom is -0.495 e.